The molecular weight excluding hydrogens is 224 g/mol. The number of nitrogen functional groups attached to an aromatic ring is 1. The highest BCUT2D eigenvalue weighted by atomic mass is 14.9. The number of aromatic amines is 1. The van der Waals surface area contributed by atoms with E-state index in [1.807, 2.05) is 36.4 Å². The van der Waals surface area contributed by atoms with E-state index in [4.69, 9.17) is 5.73 Å². The van der Waals surface area contributed by atoms with Crippen molar-refractivity contribution in [2.45, 2.75) is 0 Å². The molecule has 0 saturated heterocycles. The molecule has 18 heavy (non-hydrogen) atoms. The van der Waals surface area contributed by atoms with Gasteiger partial charge in [-0.25, -0.2) is 4.98 Å². The van der Waals surface area contributed by atoms with E-state index in [-0.39, 0.29) is 0 Å². The number of rotatable bonds is 2. The lowest BCUT2D eigenvalue weighted by molar-refractivity contribution is 1.34. The van der Waals surface area contributed by atoms with Crippen LogP contribution in [0.4, 0.5) is 11.4 Å². The van der Waals surface area contributed by atoms with E-state index in [2.05, 4.69) is 21.7 Å². The second-order valence-corrected chi connectivity index (χ2v) is 4.07. The van der Waals surface area contributed by atoms with Crippen molar-refractivity contribution in [2.24, 2.45) is 4.99 Å². The van der Waals surface area contributed by atoms with Crippen molar-refractivity contribution in [3.05, 3.63) is 42.7 Å². The highest BCUT2D eigenvalue weighted by Gasteiger charge is 2.03. The summed E-state index contributed by atoms with van der Waals surface area (Å²) in [7, 11) is 0. The van der Waals surface area contributed by atoms with E-state index in [1.165, 1.54) is 0 Å². The topological polar surface area (TPSA) is 67.1 Å². The van der Waals surface area contributed by atoms with Gasteiger partial charge >= 0.3 is 0 Å². The second-order valence-electron chi connectivity index (χ2n) is 4.07. The summed E-state index contributed by atoms with van der Waals surface area (Å²) < 4.78 is 0. The molecule has 1 aromatic heterocycles. The largest absolute Gasteiger partial charge is 0.397 e. The van der Waals surface area contributed by atoms with Crippen LogP contribution < -0.4 is 5.73 Å². The zero-order chi connectivity index (χ0) is 12.5. The zero-order valence-electron chi connectivity index (χ0n) is 9.72. The van der Waals surface area contributed by atoms with Gasteiger partial charge in [-0.15, -0.1) is 0 Å². The van der Waals surface area contributed by atoms with Crippen molar-refractivity contribution in [2.75, 3.05) is 5.73 Å². The standard InChI is InChI=1S/C14H12N4/c1-16-12-4-2-9(6-11(12)15)10-3-5-13-14(7-10)18-8-17-13/h2-8H,1,15H2,(H,17,18). The minimum atomic E-state index is 0.629. The summed E-state index contributed by atoms with van der Waals surface area (Å²) in [5.41, 5.74) is 11.3. The Hall–Kier alpha value is -2.62. The predicted molar refractivity (Wildman–Crippen MR) is 75.2 cm³/mol. The van der Waals surface area contributed by atoms with Gasteiger partial charge in [0.05, 0.1) is 28.7 Å². The number of nitrogens with one attached hydrogen (secondary N) is 1. The second kappa shape index (κ2) is 4.00. The molecule has 0 aliphatic rings. The summed E-state index contributed by atoms with van der Waals surface area (Å²) in [5, 5.41) is 0. The lowest BCUT2D eigenvalue weighted by atomic mass is 10.0. The molecule has 0 atom stereocenters. The van der Waals surface area contributed by atoms with Gasteiger partial charge in [0.25, 0.3) is 0 Å². The zero-order valence-corrected chi connectivity index (χ0v) is 9.72. The molecule has 0 fully saturated rings. The molecular formula is C14H12N4. The number of nitrogens with two attached hydrogens (primary N) is 1. The summed E-state index contributed by atoms with van der Waals surface area (Å²) in [6, 6.07) is 11.8. The summed E-state index contributed by atoms with van der Waals surface area (Å²) in [6.07, 6.45) is 1.69. The van der Waals surface area contributed by atoms with Crippen LogP contribution in [0.1, 0.15) is 0 Å². The molecule has 0 aliphatic heterocycles. The van der Waals surface area contributed by atoms with Gasteiger partial charge in [-0.3, -0.25) is 4.99 Å². The van der Waals surface area contributed by atoms with E-state index in [1.54, 1.807) is 6.33 Å². The van der Waals surface area contributed by atoms with Crippen LogP contribution in [0.2, 0.25) is 0 Å². The Kier molecular flexibility index (Phi) is 2.34. The molecule has 0 saturated carbocycles. The Bertz CT molecular complexity index is 727. The minimum Gasteiger partial charge on any atom is -0.397 e. The fraction of sp³-hybridized carbons (Fsp3) is 0. The first-order valence-electron chi connectivity index (χ1n) is 5.58. The summed E-state index contributed by atoms with van der Waals surface area (Å²) in [5.74, 6) is 0. The van der Waals surface area contributed by atoms with E-state index < -0.39 is 0 Å². The molecule has 4 heteroatoms. The van der Waals surface area contributed by atoms with Gasteiger partial charge in [0.2, 0.25) is 0 Å². The van der Waals surface area contributed by atoms with Gasteiger partial charge in [-0.2, -0.15) is 0 Å². The highest BCUT2D eigenvalue weighted by molar-refractivity contribution is 5.83. The number of hydrogen-bond donors (Lipinski definition) is 2. The Morgan fingerprint density at radius 2 is 1.89 bits per heavy atom. The van der Waals surface area contributed by atoms with Crippen LogP contribution in [0, 0.1) is 0 Å². The van der Waals surface area contributed by atoms with E-state index >= 15 is 0 Å². The third-order valence-corrected chi connectivity index (χ3v) is 2.95. The number of nitrogens with zero attached hydrogens (tertiary/aromatic N) is 2. The molecule has 0 spiro atoms. The third kappa shape index (κ3) is 1.64. The third-order valence-electron chi connectivity index (χ3n) is 2.95. The van der Waals surface area contributed by atoms with E-state index in [0.717, 1.165) is 22.2 Å². The number of aromatic nitrogens is 2. The first-order valence-corrected chi connectivity index (χ1v) is 5.58. The fourth-order valence-corrected chi connectivity index (χ4v) is 1.99. The summed E-state index contributed by atoms with van der Waals surface area (Å²) in [4.78, 5) is 11.2. The van der Waals surface area contributed by atoms with Crippen molar-refractivity contribution < 1.29 is 0 Å². The number of H-pyrrole nitrogens is 1. The molecule has 3 rings (SSSR count). The number of benzene rings is 2. The molecule has 0 aliphatic carbocycles. The quantitative estimate of drug-likeness (QED) is 0.530. The molecule has 3 N–H and O–H groups in total. The molecule has 1 heterocycles. The minimum absolute atomic E-state index is 0.629. The normalized spacial score (nSPS) is 10.7. The number of fused-ring (bicyclic) bond motifs is 1. The van der Waals surface area contributed by atoms with Crippen molar-refractivity contribution in [3.63, 3.8) is 0 Å². The van der Waals surface area contributed by atoms with E-state index in [0.29, 0.717) is 11.4 Å². The average molecular weight is 236 g/mol. The van der Waals surface area contributed by atoms with Crippen LogP contribution in [-0.2, 0) is 0 Å². The Morgan fingerprint density at radius 1 is 1.11 bits per heavy atom. The van der Waals surface area contributed by atoms with E-state index in [9.17, 15) is 0 Å². The molecule has 0 radical (unpaired) electrons. The van der Waals surface area contributed by atoms with Crippen LogP contribution >= 0.6 is 0 Å². The van der Waals surface area contributed by atoms with Gasteiger partial charge in [-0.1, -0.05) is 12.1 Å². The van der Waals surface area contributed by atoms with Gasteiger partial charge in [0.1, 0.15) is 0 Å². The smallest absolute Gasteiger partial charge is 0.0931 e. The van der Waals surface area contributed by atoms with Crippen molar-refractivity contribution in [1.82, 2.24) is 9.97 Å². The number of hydrogen-bond acceptors (Lipinski definition) is 3. The monoisotopic (exact) mass is 236 g/mol. The first kappa shape index (κ1) is 10.5. The van der Waals surface area contributed by atoms with Crippen LogP contribution in [0.25, 0.3) is 22.2 Å². The Morgan fingerprint density at radius 3 is 2.67 bits per heavy atom. The van der Waals surface area contributed by atoms with Crippen LogP contribution in [0.5, 0.6) is 0 Å². The Balaban J connectivity index is 2.13. The lowest BCUT2D eigenvalue weighted by Gasteiger charge is -2.05. The SMILES string of the molecule is C=Nc1ccc(-c2ccc3[nH]cnc3c2)cc1N. The Labute approximate surface area is 104 Å². The van der Waals surface area contributed by atoms with Crippen molar-refractivity contribution in [3.8, 4) is 11.1 Å². The van der Waals surface area contributed by atoms with Crippen molar-refractivity contribution in [1.29, 1.82) is 0 Å². The van der Waals surface area contributed by atoms with Crippen molar-refractivity contribution >= 4 is 29.1 Å². The maximum absolute atomic E-state index is 5.91. The maximum atomic E-state index is 5.91. The maximum Gasteiger partial charge on any atom is 0.0931 e. The fourth-order valence-electron chi connectivity index (χ4n) is 1.99. The molecule has 0 amide bonds. The molecule has 0 unspecified atom stereocenters. The average Bonchev–Trinajstić information content (AvgIpc) is 2.85. The highest BCUT2D eigenvalue weighted by Crippen LogP contribution is 2.29. The molecule has 3 aromatic rings. The summed E-state index contributed by atoms with van der Waals surface area (Å²) in [6.45, 7) is 3.48. The van der Waals surface area contributed by atoms with Gasteiger partial charge in [0, 0.05) is 0 Å². The van der Waals surface area contributed by atoms with Crippen LogP contribution in [0.15, 0.2) is 47.7 Å². The lowest BCUT2D eigenvalue weighted by Crippen LogP contribution is -1.87. The number of aliphatic imine (C=N–C) groups is 1. The first-order chi connectivity index (χ1) is 8.78. The molecule has 4 nitrogen and oxygen atoms in total. The van der Waals surface area contributed by atoms with Crippen LogP contribution in [0.3, 0.4) is 0 Å². The van der Waals surface area contributed by atoms with Gasteiger partial charge in [0.15, 0.2) is 0 Å². The van der Waals surface area contributed by atoms with Gasteiger partial charge < -0.3 is 10.7 Å². The number of anilines is 1. The summed E-state index contributed by atoms with van der Waals surface area (Å²) >= 11 is 0. The predicted octanol–water partition coefficient (Wildman–Crippen LogP) is 3.14. The molecule has 2 aromatic carbocycles. The van der Waals surface area contributed by atoms with Crippen LogP contribution in [-0.4, -0.2) is 16.7 Å². The molecule has 88 valence electrons. The van der Waals surface area contributed by atoms with Gasteiger partial charge in [-0.05, 0) is 42.1 Å². The number of imidazole rings is 1. The molecule has 0 bridgehead atoms.